The van der Waals surface area contributed by atoms with Gasteiger partial charge in [0.2, 0.25) is 5.91 Å². The van der Waals surface area contributed by atoms with E-state index in [0.29, 0.717) is 19.4 Å². The first-order chi connectivity index (χ1) is 13.3. The van der Waals surface area contributed by atoms with E-state index in [-0.39, 0.29) is 5.91 Å². The van der Waals surface area contributed by atoms with Crippen molar-refractivity contribution in [2.45, 2.75) is 19.3 Å². The Balaban J connectivity index is 1.23. The molecule has 0 saturated carbocycles. The van der Waals surface area contributed by atoms with Crippen molar-refractivity contribution in [3.8, 4) is 5.69 Å². The number of carbonyl (C=O) groups is 1. The zero-order valence-electron chi connectivity index (χ0n) is 14.8. The summed E-state index contributed by atoms with van der Waals surface area (Å²) in [5, 5.41) is 8.41. The Morgan fingerprint density at radius 3 is 2.70 bits per heavy atom. The topological polar surface area (TPSA) is 59.8 Å². The predicted octanol–water partition coefficient (Wildman–Crippen LogP) is 3.77. The summed E-state index contributed by atoms with van der Waals surface area (Å²) >= 11 is 1.69. The highest BCUT2D eigenvalue weighted by atomic mass is 32.1. The number of aryl methyl sites for hydroxylation is 1. The first-order valence-corrected chi connectivity index (χ1v) is 9.80. The summed E-state index contributed by atoms with van der Waals surface area (Å²) in [6, 6.07) is 18.1. The summed E-state index contributed by atoms with van der Waals surface area (Å²) in [5.41, 5.74) is 3.10. The number of fused-ring (bicyclic) bond motifs is 1. The Hall–Kier alpha value is -2.99. The first-order valence-electron chi connectivity index (χ1n) is 8.98. The molecule has 0 unspecified atom stereocenters. The minimum absolute atomic E-state index is 0.0589. The van der Waals surface area contributed by atoms with Gasteiger partial charge in [0.05, 0.1) is 27.1 Å². The van der Waals surface area contributed by atoms with E-state index in [1.807, 2.05) is 65.6 Å². The van der Waals surface area contributed by atoms with Crippen LogP contribution in [0.15, 0.2) is 67.0 Å². The summed E-state index contributed by atoms with van der Waals surface area (Å²) in [4.78, 5) is 16.7. The summed E-state index contributed by atoms with van der Waals surface area (Å²) in [5.74, 6) is 0.0589. The van der Waals surface area contributed by atoms with E-state index in [2.05, 4.69) is 21.5 Å². The molecule has 0 spiro atoms. The number of thiazole rings is 1. The van der Waals surface area contributed by atoms with Crippen LogP contribution in [0.2, 0.25) is 0 Å². The van der Waals surface area contributed by atoms with Crippen molar-refractivity contribution in [1.82, 2.24) is 20.1 Å². The number of nitrogens with one attached hydrogen (secondary N) is 1. The monoisotopic (exact) mass is 376 g/mol. The number of para-hydroxylation sites is 2. The van der Waals surface area contributed by atoms with Gasteiger partial charge in [-0.05, 0) is 36.2 Å². The van der Waals surface area contributed by atoms with Gasteiger partial charge < -0.3 is 5.32 Å². The van der Waals surface area contributed by atoms with Gasteiger partial charge in [0.1, 0.15) is 0 Å². The summed E-state index contributed by atoms with van der Waals surface area (Å²) in [6.07, 6.45) is 5.70. The molecule has 2 aromatic carbocycles. The zero-order valence-corrected chi connectivity index (χ0v) is 15.7. The third-order valence-corrected chi connectivity index (χ3v) is 5.39. The number of aromatic nitrogens is 3. The highest BCUT2D eigenvalue weighted by Crippen LogP contribution is 2.21. The highest BCUT2D eigenvalue weighted by Gasteiger charge is 2.07. The Labute approximate surface area is 161 Å². The van der Waals surface area contributed by atoms with Crippen LogP contribution in [0.1, 0.15) is 17.0 Å². The summed E-state index contributed by atoms with van der Waals surface area (Å²) < 4.78 is 3.02. The highest BCUT2D eigenvalue weighted by molar-refractivity contribution is 7.18. The Bertz CT molecular complexity index is 1010. The van der Waals surface area contributed by atoms with Crippen molar-refractivity contribution >= 4 is 27.5 Å². The zero-order chi connectivity index (χ0) is 18.5. The van der Waals surface area contributed by atoms with Crippen molar-refractivity contribution in [2.75, 3.05) is 6.54 Å². The van der Waals surface area contributed by atoms with Crippen LogP contribution in [0.25, 0.3) is 15.9 Å². The maximum absolute atomic E-state index is 12.1. The van der Waals surface area contributed by atoms with E-state index < -0.39 is 0 Å². The van der Waals surface area contributed by atoms with E-state index in [1.54, 1.807) is 11.3 Å². The molecule has 2 aromatic heterocycles. The van der Waals surface area contributed by atoms with E-state index in [1.165, 1.54) is 4.70 Å². The normalized spacial score (nSPS) is 11.0. The lowest BCUT2D eigenvalue weighted by Crippen LogP contribution is -2.25. The second-order valence-corrected chi connectivity index (χ2v) is 7.42. The molecule has 4 aromatic rings. The molecule has 0 atom stereocenters. The standard InChI is InChI=1S/C21H20N4OS/c26-20(22-13-12-21-24-18-8-4-5-9-19(18)27-21)11-10-16-14-23-25(15-16)17-6-2-1-3-7-17/h1-9,14-15H,10-13H2,(H,22,26). The number of amides is 1. The molecule has 2 heterocycles. The number of benzene rings is 2. The Morgan fingerprint density at radius 1 is 1.04 bits per heavy atom. The molecule has 0 aliphatic heterocycles. The van der Waals surface area contributed by atoms with Gasteiger partial charge in [-0.2, -0.15) is 5.10 Å². The number of hydrogen-bond donors (Lipinski definition) is 1. The Kier molecular flexibility index (Phi) is 5.25. The van der Waals surface area contributed by atoms with Crippen molar-refractivity contribution in [3.63, 3.8) is 0 Å². The molecule has 27 heavy (non-hydrogen) atoms. The fraction of sp³-hybridized carbons (Fsp3) is 0.190. The number of nitrogens with zero attached hydrogens (tertiary/aromatic N) is 3. The molecule has 0 radical (unpaired) electrons. The average molecular weight is 376 g/mol. The fourth-order valence-corrected chi connectivity index (χ4v) is 3.86. The van der Waals surface area contributed by atoms with Gasteiger partial charge in [0.15, 0.2) is 0 Å². The molecule has 6 heteroatoms. The average Bonchev–Trinajstić information content (AvgIpc) is 3.34. The molecular weight excluding hydrogens is 356 g/mol. The molecule has 1 amide bonds. The maximum Gasteiger partial charge on any atom is 0.220 e. The number of carbonyl (C=O) groups excluding carboxylic acids is 1. The maximum atomic E-state index is 12.1. The van der Waals surface area contributed by atoms with Gasteiger partial charge in [0.25, 0.3) is 0 Å². The summed E-state index contributed by atoms with van der Waals surface area (Å²) in [6.45, 7) is 0.613. The van der Waals surface area contributed by atoms with Crippen LogP contribution in [-0.2, 0) is 17.6 Å². The van der Waals surface area contributed by atoms with Crippen molar-refractivity contribution in [2.24, 2.45) is 0 Å². The van der Waals surface area contributed by atoms with Crippen LogP contribution < -0.4 is 5.32 Å². The number of rotatable bonds is 7. The molecule has 0 aliphatic carbocycles. The molecule has 0 saturated heterocycles. The van der Waals surface area contributed by atoms with Gasteiger partial charge in [-0.3, -0.25) is 4.79 Å². The van der Waals surface area contributed by atoms with Crippen molar-refractivity contribution < 1.29 is 4.79 Å². The van der Waals surface area contributed by atoms with E-state index >= 15 is 0 Å². The van der Waals surface area contributed by atoms with E-state index in [0.717, 1.165) is 28.2 Å². The van der Waals surface area contributed by atoms with Gasteiger partial charge in [-0.1, -0.05) is 30.3 Å². The van der Waals surface area contributed by atoms with Gasteiger partial charge in [-0.15, -0.1) is 11.3 Å². The molecule has 4 rings (SSSR count). The minimum Gasteiger partial charge on any atom is -0.356 e. The smallest absolute Gasteiger partial charge is 0.220 e. The molecule has 5 nitrogen and oxygen atoms in total. The third-order valence-electron chi connectivity index (χ3n) is 4.30. The van der Waals surface area contributed by atoms with Gasteiger partial charge >= 0.3 is 0 Å². The quantitative estimate of drug-likeness (QED) is 0.534. The SMILES string of the molecule is O=C(CCc1cnn(-c2ccccc2)c1)NCCc1nc2ccccc2s1. The lowest BCUT2D eigenvalue weighted by molar-refractivity contribution is -0.121. The van der Waals surface area contributed by atoms with Crippen LogP contribution in [0, 0.1) is 0 Å². The lowest BCUT2D eigenvalue weighted by Gasteiger charge is -2.03. The van der Waals surface area contributed by atoms with Crippen molar-refractivity contribution in [1.29, 1.82) is 0 Å². The Morgan fingerprint density at radius 2 is 1.85 bits per heavy atom. The minimum atomic E-state index is 0.0589. The second kappa shape index (κ2) is 8.14. The van der Waals surface area contributed by atoms with Crippen LogP contribution >= 0.6 is 11.3 Å². The van der Waals surface area contributed by atoms with E-state index in [9.17, 15) is 4.79 Å². The molecule has 1 N–H and O–H groups in total. The second-order valence-electron chi connectivity index (χ2n) is 6.30. The van der Waals surface area contributed by atoms with Crippen LogP contribution in [-0.4, -0.2) is 27.2 Å². The molecule has 0 fully saturated rings. The largest absolute Gasteiger partial charge is 0.356 e. The van der Waals surface area contributed by atoms with Crippen LogP contribution in [0.5, 0.6) is 0 Å². The molecule has 0 bridgehead atoms. The predicted molar refractivity (Wildman–Crippen MR) is 108 cm³/mol. The van der Waals surface area contributed by atoms with Gasteiger partial charge in [0, 0.05) is 25.6 Å². The third kappa shape index (κ3) is 4.41. The van der Waals surface area contributed by atoms with Crippen LogP contribution in [0.4, 0.5) is 0 Å². The lowest BCUT2D eigenvalue weighted by atomic mass is 10.2. The van der Waals surface area contributed by atoms with E-state index in [4.69, 9.17) is 0 Å². The fourth-order valence-electron chi connectivity index (χ4n) is 2.89. The first kappa shape index (κ1) is 17.4. The summed E-state index contributed by atoms with van der Waals surface area (Å²) in [7, 11) is 0. The molecule has 0 aliphatic rings. The van der Waals surface area contributed by atoms with Crippen LogP contribution in [0.3, 0.4) is 0 Å². The van der Waals surface area contributed by atoms with Gasteiger partial charge in [-0.25, -0.2) is 9.67 Å². The van der Waals surface area contributed by atoms with Crippen molar-refractivity contribution in [3.05, 3.63) is 77.6 Å². The molecular formula is C21H20N4OS. The molecule has 136 valence electrons. The number of hydrogen-bond acceptors (Lipinski definition) is 4.